The first kappa shape index (κ1) is 17.7. The number of hydrogen-bond acceptors (Lipinski definition) is 7. The minimum Gasteiger partial charge on any atom is -0.497 e. The number of methoxy groups -OCH3 is 1. The number of aromatic nitrogens is 2. The van der Waals surface area contributed by atoms with Crippen LogP contribution in [0.4, 0.5) is 5.13 Å². The van der Waals surface area contributed by atoms with Gasteiger partial charge in [0.25, 0.3) is 0 Å². The second-order valence-electron chi connectivity index (χ2n) is 6.62. The normalized spacial score (nSPS) is 19.3. The van der Waals surface area contributed by atoms with E-state index < -0.39 is 10.0 Å². The molecule has 7 nitrogen and oxygen atoms in total. The van der Waals surface area contributed by atoms with Crippen LogP contribution >= 0.6 is 11.3 Å². The quantitative estimate of drug-likeness (QED) is 0.775. The van der Waals surface area contributed by atoms with Crippen molar-refractivity contribution < 1.29 is 13.2 Å². The predicted octanol–water partition coefficient (Wildman–Crippen LogP) is 2.33. The van der Waals surface area contributed by atoms with Gasteiger partial charge in [0.1, 0.15) is 10.8 Å². The first-order valence-corrected chi connectivity index (χ1v) is 11.1. The zero-order chi connectivity index (χ0) is 18.1. The molecule has 26 heavy (non-hydrogen) atoms. The van der Waals surface area contributed by atoms with E-state index in [2.05, 4.69) is 15.1 Å². The van der Waals surface area contributed by atoms with E-state index in [1.807, 2.05) is 0 Å². The lowest BCUT2D eigenvalue weighted by molar-refractivity contribution is 0.413. The highest BCUT2D eigenvalue weighted by atomic mass is 32.2. The predicted molar refractivity (Wildman–Crippen MR) is 100 cm³/mol. The monoisotopic (exact) mass is 394 g/mol. The third-order valence-corrected chi connectivity index (χ3v) is 7.84. The fourth-order valence-electron chi connectivity index (χ4n) is 3.07. The van der Waals surface area contributed by atoms with Gasteiger partial charge in [0, 0.05) is 32.1 Å². The van der Waals surface area contributed by atoms with Crippen LogP contribution in [0.3, 0.4) is 0 Å². The van der Waals surface area contributed by atoms with Crippen LogP contribution in [-0.4, -0.2) is 56.2 Å². The number of sulfonamides is 1. The zero-order valence-electron chi connectivity index (χ0n) is 14.7. The summed E-state index contributed by atoms with van der Waals surface area (Å²) in [6.45, 7) is 2.40. The molecule has 1 saturated heterocycles. The van der Waals surface area contributed by atoms with Crippen LogP contribution < -0.4 is 9.64 Å². The highest BCUT2D eigenvalue weighted by Gasteiger charge is 2.30. The highest BCUT2D eigenvalue weighted by molar-refractivity contribution is 7.89. The number of benzene rings is 1. The molecule has 0 radical (unpaired) electrons. The van der Waals surface area contributed by atoms with Gasteiger partial charge >= 0.3 is 0 Å². The average molecular weight is 395 g/mol. The van der Waals surface area contributed by atoms with Gasteiger partial charge in [-0.2, -0.15) is 4.31 Å². The van der Waals surface area contributed by atoms with Crippen LogP contribution in [0, 0.1) is 0 Å². The highest BCUT2D eigenvalue weighted by Crippen LogP contribution is 2.42. The topological polar surface area (TPSA) is 75.6 Å². The maximum Gasteiger partial charge on any atom is 0.243 e. The smallest absolute Gasteiger partial charge is 0.243 e. The van der Waals surface area contributed by atoms with Gasteiger partial charge in [-0.15, -0.1) is 10.2 Å². The molecule has 0 unspecified atom stereocenters. The maximum absolute atomic E-state index is 12.9. The van der Waals surface area contributed by atoms with Crippen molar-refractivity contribution >= 4 is 26.5 Å². The van der Waals surface area contributed by atoms with Crippen LogP contribution in [0.25, 0.3) is 0 Å². The van der Waals surface area contributed by atoms with E-state index in [1.54, 1.807) is 47.0 Å². The summed E-state index contributed by atoms with van der Waals surface area (Å²) in [5, 5.41) is 10.6. The molecule has 1 aliphatic carbocycles. The van der Waals surface area contributed by atoms with Gasteiger partial charge in [0.2, 0.25) is 15.2 Å². The molecule has 1 aliphatic heterocycles. The van der Waals surface area contributed by atoms with Crippen molar-refractivity contribution in [1.82, 2.24) is 14.5 Å². The Morgan fingerprint density at radius 1 is 1.08 bits per heavy atom. The fourth-order valence-corrected chi connectivity index (χ4v) is 5.61. The Bertz CT molecular complexity index is 862. The van der Waals surface area contributed by atoms with Crippen molar-refractivity contribution in [2.24, 2.45) is 0 Å². The van der Waals surface area contributed by atoms with Gasteiger partial charge in [0.15, 0.2) is 0 Å². The lowest BCUT2D eigenvalue weighted by Crippen LogP contribution is -2.35. The Kier molecular flexibility index (Phi) is 4.85. The number of rotatable bonds is 5. The molecule has 0 atom stereocenters. The van der Waals surface area contributed by atoms with Gasteiger partial charge in [-0.05, 0) is 43.5 Å². The van der Waals surface area contributed by atoms with E-state index in [-0.39, 0.29) is 0 Å². The third kappa shape index (κ3) is 3.56. The molecule has 1 aromatic heterocycles. The molecule has 140 valence electrons. The lowest BCUT2D eigenvalue weighted by Gasteiger charge is -2.21. The van der Waals surface area contributed by atoms with E-state index in [9.17, 15) is 8.42 Å². The molecular formula is C17H22N4O3S2. The summed E-state index contributed by atoms with van der Waals surface area (Å²) in [4.78, 5) is 2.46. The Hall–Kier alpha value is -1.71. The third-order valence-electron chi connectivity index (χ3n) is 4.78. The first-order valence-electron chi connectivity index (χ1n) is 8.80. The average Bonchev–Trinajstić information content (AvgIpc) is 3.44. The van der Waals surface area contributed by atoms with Gasteiger partial charge in [-0.3, -0.25) is 0 Å². The number of ether oxygens (including phenoxy) is 1. The molecule has 1 aromatic carbocycles. The SMILES string of the molecule is COc1ccc(S(=O)(=O)N2CCCN(c3nnc(C4CC4)s3)CC2)cc1. The Balaban J connectivity index is 1.46. The summed E-state index contributed by atoms with van der Waals surface area (Å²) in [7, 11) is -1.93. The van der Waals surface area contributed by atoms with Crippen molar-refractivity contribution in [1.29, 1.82) is 0 Å². The number of nitrogens with zero attached hydrogens (tertiary/aromatic N) is 4. The summed E-state index contributed by atoms with van der Waals surface area (Å²) in [5.41, 5.74) is 0. The van der Waals surface area contributed by atoms with Crippen LogP contribution in [-0.2, 0) is 10.0 Å². The van der Waals surface area contributed by atoms with E-state index >= 15 is 0 Å². The van der Waals surface area contributed by atoms with Crippen molar-refractivity contribution in [3.8, 4) is 5.75 Å². The summed E-state index contributed by atoms with van der Waals surface area (Å²) in [6, 6.07) is 6.56. The molecule has 0 N–H and O–H groups in total. The van der Waals surface area contributed by atoms with E-state index in [0.29, 0.717) is 36.2 Å². The Morgan fingerprint density at radius 2 is 1.85 bits per heavy atom. The van der Waals surface area contributed by atoms with Crippen LogP contribution in [0.15, 0.2) is 29.2 Å². The molecule has 1 saturated carbocycles. The number of anilines is 1. The summed E-state index contributed by atoms with van der Waals surface area (Å²) in [5.74, 6) is 1.24. The summed E-state index contributed by atoms with van der Waals surface area (Å²) < 4.78 is 32.5. The van der Waals surface area contributed by atoms with Crippen molar-refractivity contribution in [3.05, 3.63) is 29.3 Å². The standard InChI is InChI=1S/C17H22N4O3S2/c1-24-14-5-7-15(8-6-14)26(22,23)21-10-2-9-20(11-12-21)17-19-18-16(25-17)13-3-4-13/h5-8,13H,2-4,9-12H2,1H3. The number of hydrogen-bond donors (Lipinski definition) is 0. The minimum absolute atomic E-state index is 0.304. The zero-order valence-corrected chi connectivity index (χ0v) is 16.3. The largest absolute Gasteiger partial charge is 0.497 e. The van der Waals surface area contributed by atoms with E-state index in [0.717, 1.165) is 23.1 Å². The van der Waals surface area contributed by atoms with Gasteiger partial charge in [-0.25, -0.2) is 8.42 Å². The fraction of sp³-hybridized carbons (Fsp3) is 0.529. The molecule has 0 spiro atoms. The van der Waals surface area contributed by atoms with Crippen molar-refractivity contribution in [2.75, 3.05) is 38.2 Å². The Morgan fingerprint density at radius 3 is 2.54 bits per heavy atom. The Labute approximate surface area is 157 Å². The van der Waals surface area contributed by atoms with Crippen LogP contribution in [0.5, 0.6) is 5.75 Å². The van der Waals surface area contributed by atoms with Crippen LogP contribution in [0.1, 0.15) is 30.2 Å². The van der Waals surface area contributed by atoms with Gasteiger partial charge in [-0.1, -0.05) is 11.3 Å². The minimum atomic E-state index is -3.50. The van der Waals surface area contributed by atoms with E-state index in [1.165, 1.54) is 12.8 Å². The molecule has 0 amide bonds. The molecular weight excluding hydrogens is 372 g/mol. The summed E-state index contributed by atoms with van der Waals surface area (Å²) in [6.07, 6.45) is 3.19. The molecule has 2 fully saturated rings. The summed E-state index contributed by atoms with van der Waals surface area (Å²) >= 11 is 1.65. The van der Waals surface area contributed by atoms with Crippen LogP contribution in [0.2, 0.25) is 0 Å². The molecule has 9 heteroatoms. The molecule has 2 heterocycles. The van der Waals surface area contributed by atoms with Gasteiger partial charge < -0.3 is 9.64 Å². The molecule has 2 aliphatic rings. The second-order valence-corrected chi connectivity index (χ2v) is 9.54. The van der Waals surface area contributed by atoms with Gasteiger partial charge in [0.05, 0.1) is 12.0 Å². The molecule has 4 rings (SSSR count). The molecule has 0 bridgehead atoms. The van der Waals surface area contributed by atoms with E-state index in [4.69, 9.17) is 4.74 Å². The van der Waals surface area contributed by atoms with Crippen molar-refractivity contribution in [2.45, 2.75) is 30.1 Å². The second kappa shape index (κ2) is 7.13. The lowest BCUT2D eigenvalue weighted by atomic mass is 10.3. The van der Waals surface area contributed by atoms with Crippen molar-refractivity contribution in [3.63, 3.8) is 0 Å². The first-order chi connectivity index (χ1) is 12.6. The molecule has 2 aromatic rings. The maximum atomic E-state index is 12.9.